The zero-order valence-electron chi connectivity index (χ0n) is 11.4. The Labute approximate surface area is 129 Å². The second kappa shape index (κ2) is 6.42. The van der Waals surface area contributed by atoms with Crippen LogP contribution >= 0.6 is 11.6 Å². The quantitative estimate of drug-likeness (QED) is 0.611. The van der Waals surface area contributed by atoms with E-state index in [2.05, 4.69) is 17.1 Å². The third kappa shape index (κ3) is 3.23. The number of nitrogens with zero attached hydrogens (tertiary/aromatic N) is 1. The van der Waals surface area contributed by atoms with Crippen molar-refractivity contribution in [1.82, 2.24) is 4.98 Å². The Morgan fingerprint density at radius 1 is 0.857 bits per heavy atom. The molecule has 3 heteroatoms. The molecule has 0 aliphatic rings. The number of rotatable bonds is 4. The maximum absolute atomic E-state index is 5.90. The molecule has 0 N–H and O–H groups in total. The first-order valence-corrected chi connectivity index (χ1v) is 7.22. The summed E-state index contributed by atoms with van der Waals surface area (Å²) >= 11 is 5.90. The zero-order valence-corrected chi connectivity index (χ0v) is 12.1. The van der Waals surface area contributed by atoms with Crippen molar-refractivity contribution in [3.8, 4) is 22.6 Å². The first-order valence-electron chi connectivity index (χ1n) is 6.69. The molecule has 0 aliphatic carbocycles. The number of pyridine rings is 1. The van der Waals surface area contributed by atoms with Crippen LogP contribution in [0.3, 0.4) is 0 Å². The predicted molar refractivity (Wildman–Crippen MR) is 85.7 cm³/mol. The molecule has 1 aromatic heterocycles. The molecule has 3 aromatic rings. The van der Waals surface area contributed by atoms with Crippen LogP contribution in [-0.2, 0) is 5.88 Å². The Bertz CT molecular complexity index is 711. The van der Waals surface area contributed by atoms with E-state index >= 15 is 0 Å². The second-order valence-corrected chi connectivity index (χ2v) is 4.88. The zero-order chi connectivity index (χ0) is 14.5. The van der Waals surface area contributed by atoms with Gasteiger partial charge in [0.2, 0.25) is 0 Å². The molecular formula is C18H14ClNO. The van der Waals surface area contributed by atoms with Crippen LogP contribution in [0.1, 0.15) is 5.56 Å². The van der Waals surface area contributed by atoms with E-state index in [1.54, 1.807) is 12.4 Å². The van der Waals surface area contributed by atoms with Crippen molar-refractivity contribution in [3.63, 3.8) is 0 Å². The summed E-state index contributed by atoms with van der Waals surface area (Å²) in [5, 5.41) is 0. The lowest BCUT2D eigenvalue weighted by atomic mass is 10.1. The van der Waals surface area contributed by atoms with Crippen molar-refractivity contribution >= 4 is 11.6 Å². The van der Waals surface area contributed by atoms with Crippen molar-refractivity contribution in [2.75, 3.05) is 0 Å². The van der Waals surface area contributed by atoms with Gasteiger partial charge >= 0.3 is 0 Å². The van der Waals surface area contributed by atoms with Crippen LogP contribution < -0.4 is 4.74 Å². The number of hydrogen-bond acceptors (Lipinski definition) is 2. The predicted octanol–water partition coefficient (Wildman–Crippen LogP) is 5.28. The molecule has 0 fully saturated rings. The van der Waals surface area contributed by atoms with Crippen LogP contribution in [0.15, 0.2) is 73.1 Å². The molecule has 2 nitrogen and oxygen atoms in total. The van der Waals surface area contributed by atoms with Crippen molar-refractivity contribution in [2.24, 2.45) is 0 Å². The molecule has 0 aliphatic heterocycles. The number of alkyl halides is 1. The van der Waals surface area contributed by atoms with E-state index in [-0.39, 0.29) is 0 Å². The van der Waals surface area contributed by atoms with Gasteiger partial charge in [0.1, 0.15) is 11.5 Å². The summed E-state index contributed by atoms with van der Waals surface area (Å²) in [6, 6.07) is 20.1. The van der Waals surface area contributed by atoms with Gasteiger partial charge in [0.15, 0.2) is 0 Å². The molecule has 0 radical (unpaired) electrons. The molecule has 21 heavy (non-hydrogen) atoms. The van der Waals surface area contributed by atoms with Gasteiger partial charge in [-0.25, -0.2) is 0 Å². The van der Waals surface area contributed by atoms with E-state index < -0.39 is 0 Å². The molecule has 3 rings (SSSR count). The summed E-state index contributed by atoms with van der Waals surface area (Å²) in [6.45, 7) is 0. The molecule has 104 valence electrons. The third-order valence-electron chi connectivity index (χ3n) is 3.20. The standard InChI is InChI=1S/C18H14ClNO/c19-12-16-10-11-20-13-18(16)21-17-8-6-15(7-9-17)14-4-2-1-3-5-14/h1-11,13H,12H2. The van der Waals surface area contributed by atoms with Gasteiger partial charge in [0.25, 0.3) is 0 Å². The average Bonchev–Trinajstić information content (AvgIpc) is 2.57. The normalized spacial score (nSPS) is 10.3. The van der Waals surface area contributed by atoms with E-state index in [0.29, 0.717) is 11.6 Å². The minimum Gasteiger partial charge on any atom is -0.455 e. The molecule has 0 spiro atoms. The van der Waals surface area contributed by atoms with Gasteiger partial charge < -0.3 is 4.74 Å². The van der Waals surface area contributed by atoms with Crippen molar-refractivity contribution in [2.45, 2.75) is 5.88 Å². The third-order valence-corrected chi connectivity index (χ3v) is 3.49. The van der Waals surface area contributed by atoms with Gasteiger partial charge in [0, 0.05) is 11.8 Å². The Hall–Kier alpha value is -2.32. The monoisotopic (exact) mass is 295 g/mol. The Morgan fingerprint density at radius 3 is 2.29 bits per heavy atom. The molecule has 0 amide bonds. The fourth-order valence-electron chi connectivity index (χ4n) is 2.08. The average molecular weight is 296 g/mol. The first-order chi connectivity index (χ1) is 10.4. The molecule has 2 aromatic carbocycles. The molecule has 0 atom stereocenters. The minimum atomic E-state index is 0.403. The topological polar surface area (TPSA) is 22.1 Å². The molecule has 0 bridgehead atoms. The molecule has 0 unspecified atom stereocenters. The van der Waals surface area contributed by atoms with Gasteiger partial charge in [-0.15, -0.1) is 11.6 Å². The summed E-state index contributed by atoms with van der Waals surface area (Å²) in [7, 11) is 0. The lowest BCUT2D eigenvalue weighted by molar-refractivity contribution is 0.476. The fraction of sp³-hybridized carbons (Fsp3) is 0.0556. The SMILES string of the molecule is ClCc1ccncc1Oc1ccc(-c2ccccc2)cc1. The van der Waals surface area contributed by atoms with Gasteiger partial charge in [-0.05, 0) is 29.3 Å². The number of hydrogen-bond donors (Lipinski definition) is 0. The summed E-state index contributed by atoms with van der Waals surface area (Å²) in [5.41, 5.74) is 3.28. The lowest BCUT2D eigenvalue weighted by Crippen LogP contribution is -1.90. The smallest absolute Gasteiger partial charge is 0.150 e. The van der Waals surface area contributed by atoms with Crippen molar-refractivity contribution < 1.29 is 4.74 Å². The van der Waals surface area contributed by atoms with Gasteiger partial charge in [-0.1, -0.05) is 42.5 Å². The van der Waals surface area contributed by atoms with Gasteiger partial charge in [0.05, 0.1) is 12.1 Å². The Balaban J connectivity index is 1.82. The van der Waals surface area contributed by atoms with Crippen LogP contribution in [0.2, 0.25) is 0 Å². The number of benzene rings is 2. The number of ether oxygens (including phenoxy) is 1. The van der Waals surface area contributed by atoms with Crippen LogP contribution in [0.5, 0.6) is 11.5 Å². The van der Waals surface area contributed by atoms with E-state index in [4.69, 9.17) is 16.3 Å². The fourth-order valence-corrected chi connectivity index (χ4v) is 2.30. The Kier molecular flexibility index (Phi) is 4.17. The van der Waals surface area contributed by atoms with Crippen LogP contribution in [0.4, 0.5) is 0 Å². The number of aromatic nitrogens is 1. The molecule has 0 saturated heterocycles. The van der Waals surface area contributed by atoms with Crippen LogP contribution in [-0.4, -0.2) is 4.98 Å². The highest BCUT2D eigenvalue weighted by Crippen LogP contribution is 2.28. The van der Waals surface area contributed by atoms with Gasteiger partial charge in [-0.3, -0.25) is 4.98 Å². The van der Waals surface area contributed by atoms with Crippen molar-refractivity contribution in [1.29, 1.82) is 0 Å². The second-order valence-electron chi connectivity index (χ2n) is 4.61. The van der Waals surface area contributed by atoms with E-state index in [0.717, 1.165) is 16.9 Å². The van der Waals surface area contributed by atoms with Crippen LogP contribution in [0, 0.1) is 0 Å². The van der Waals surface area contributed by atoms with E-state index in [1.807, 2.05) is 48.5 Å². The maximum atomic E-state index is 5.90. The first kappa shape index (κ1) is 13.7. The lowest BCUT2D eigenvalue weighted by Gasteiger charge is -2.09. The highest BCUT2D eigenvalue weighted by molar-refractivity contribution is 6.17. The largest absolute Gasteiger partial charge is 0.455 e. The molecule has 1 heterocycles. The van der Waals surface area contributed by atoms with Crippen molar-refractivity contribution in [3.05, 3.63) is 78.6 Å². The summed E-state index contributed by atoms with van der Waals surface area (Å²) in [4.78, 5) is 4.07. The highest BCUT2D eigenvalue weighted by Gasteiger charge is 2.04. The van der Waals surface area contributed by atoms with Gasteiger partial charge in [-0.2, -0.15) is 0 Å². The summed E-state index contributed by atoms with van der Waals surface area (Å²) in [6.07, 6.45) is 3.39. The van der Waals surface area contributed by atoms with E-state index in [9.17, 15) is 0 Å². The molecular weight excluding hydrogens is 282 g/mol. The number of halogens is 1. The van der Waals surface area contributed by atoms with E-state index in [1.165, 1.54) is 5.56 Å². The summed E-state index contributed by atoms with van der Waals surface area (Å²) < 4.78 is 5.84. The minimum absolute atomic E-state index is 0.403. The van der Waals surface area contributed by atoms with Crippen LogP contribution in [0.25, 0.3) is 11.1 Å². The summed E-state index contributed by atoms with van der Waals surface area (Å²) in [5.74, 6) is 1.87. The highest BCUT2D eigenvalue weighted by atomic mass is 35.5. The Morgan fingerprint density at radius 2 is 1.57 bits per heavy atom. The maximum Gasteiger partial charge on any atom is 0.150 e. The molecule has 0 saturated carbocycles.